The zero-order valence-electron chi connectivity index (χ0n) is 36.1. The van der Waals surface area contributed by atoms with Gasteiger partial charge in [-0.05, 0) is 97.7 Å². The fraction of sp³-hybridized carbons (Fsp3) is 0.447. The number of halogens is 1. The highest BCUT2D eigenvalue weighted by atomic mass is 19.1. The summed E-state index contributed by atoms with van der Waals surface area (Å²) in [5.74, 6) is -0.0709. The molecule has 3 aliphatic heterocycles. The molecule has 4 aliphatic rings. The van der Waals surface area contributed by atoms with Crippen molar-refractivity contribution in [1.29, 1.82) is 0 Å². The third-order valence-corrected chi connectivity index (χ3v) is 14.4. The van der Waals surface area contributed by atoms with E-state index in [1.807, 2.05) is 54.5 Å². The van der Waals surface area contributed by atoms with E-state index in [4.69, 9.17) is 4.98 Å². The smallest absolute Gasteiger partial charge is 0.329 e. The first-order valence-electron chi connectivity index (χ1n) is 22.4. The summed E-state index contributed by atoms with van der Waals surface area (Å²) in [6.45, 7) is 4.00. The standard InChI is InChI=1S/C47H52FN11O5/c1-54(45(63)35-22-31-5-8-34(42(48)43(31)51-35)33-4-3-17-57(28-33)41(61)13-18-58-21-16-50-53-58)27-29-24-47(25-29)14-19-56(20-15-47)39-11-7-32(26-49-39)30-6-9-36-38(23-30)55(2)46(64)59(36)37-10-12-40(60)52-44(37)62/h5-9,11,16,21-23,26,29,33,37,51H,3-4,10,12-15,17-20,24-25,27-28H2,1-2H3,(H,52,60,62)/t33-,37?/m0/s1. The average molecular weight is 870 g/mol. The first-order valence-corrected chi connectivity index (χ1v) is 22.4. The Balaban J connectivity index is 0.718. The van der Waals surface area contributed by atoms with Gasteiger partial charge < -0.3 is 19.7 Å². The fourth-order valence-electron chi connectivity index (χ4n) is 10.9. The van der Waals surface area contributed by atoms with Gasteiger partial charge in [0.1, 0.15) is 17.6 Å². The van der Waals surface area contributed by atoms with Crippen LogP contribution in [-0.2, 0) is 28.0 Å². The molecule has 4 fully saturated rings. The molecule has 2 aromatic carbocycles. The minimum Gasteiger partial charge on any atom is -0.357 e. The van der Waals surface area contributed by atoms with Gasteiger partial charge in [0.2, 0.25) is 17.7 Å². The number of carbonyl (C=O) groups is 4. The number of imide groups is 1. The molecule has 1 unspecified atom stereocenters. The van der Waals surface area contributed by atoms with Crippen LogP contribution in [0, 0.1) is 17.2 Å². The number of nitrogens with zero attached hydrogens (tertiary/aromatic N) is 9. The number of aryl methyl sites for hydroxylation is 2. The maximum Gasteiger partial charge on any atom is 0.329 e. The molecule has 6 aromatic rings. The number of H-pyrrole nitrogens is 1. The summed E-state index contributed by atoms with van der Waals surface area (Å²) in [6, 6.07) is 14.5. The molecule has 17 heteroatoms. The molecule has 7 heterocycles. The maximum atomic E-state index is 16.1. The summed E-state index contributed by atoms with van der Waals surface area (Å²) in [5.41, 5.74) is 4.40. The summed E-state index contributed by atoms with van der Waals surface area (Å²) in [5, 5.41) is 10.7. The Bertz CT molecular complexity index is 2830. The number of hydrogen-bond acceptors (Lipinski definition) is 9. The molecule has 4 aromatic heterocycles. The van der Waals surface area contributed by atoms with E-state index < -0.39 is 11.9 Å². The first kappa shape index (κ1) is 41.4. The number of amides is 4. The maximum absolute atomic E-state index is 16.1. The number of nitrogens with one attached hydrogen (secondary N) is 2. The molecule has 3 saturated heterocycles. The third-order valence-electron chi connectivity index (χ3n) is 14.4. The lowest BCUT2D eigenvalue weighted by atomic mass is 9.57. The number of fused-ring (bicyclic) bond motifs is 2. The number of likely N-dealkylation sites (tertiary alicyclic amines) is 1. The zero-order valence-corrected chi connectivity index (χ0v) is 36.1. The van der Waals surface area contributed by atoms with Gasteiger partial charge in [0.15, 0.2) is 5.82 Å². The van der Waals surface area contributed by atoms with Gasteiger partial charge in [0, 0.05) is 88.9 Å². The highest BCUT2D eigenvalue weighted by molar-refractivity contribution is 6.00. The Kier molecular flexibility index (Phi) is 10.7. The monoisotopic (exact) mass is 869 g/mol. The largest absolute Gasteiger partial charge is 0.357 e. The van der Waals surface area contributed by atoms with Crippen molar-refractivity contribution < 1.29 is 23.6 Å². The second-order valence-corrected chi connectivity index (χ2v) is 18.4. The van der Waals surface area contributed by atoms with Crippen molar-refractivity contribution in [2.45, 2.75) is 76.3 Å². The Labute approximate surface area is 368 Å². The fourth-order valence-corrected chi connectivity index (χ4v) is 10.9. The van der Waals surface area contributed by atoms with Gasteiger partial charge in [-0.25, -0.2) is 14.2 Å². The third kappa shape index (κ3) is 7.63. The van der Waals surface area contributed by atoms with E-state index in [1.165, 1.54) is 4.57 Å². The molecule has 2 atom stereocenters. The Morgan fingerprint density at radius 1 is 0.969 bits per heavy atom. The quantitative estimate of drug-likeness (QED) is 0.176. The summed E-state index contributed by atoms with van der Waals surface area (Å²) < 4.78 is 20.8. The number of anilines is 1. The van der Waals surface area contributed by atoms with Crippen molar-refractivity contribution >= 4 is 51.4 Å². The molecule has 10 rings (SSSR count). The number of imidazole rings is 1. The number of aromatic nitrogens is 7. The van der Waals surface area contributed by atoms with Gasteiger partial charge in [-0.2, -0.15) is 0 Å². The van der Waals surface area contributed by atoms with Gasteiger partial charge in [0.05, 0.1) is 29.3 Å². The lowest BCUT2D eigenvalue weighted by molar-refractivity contribution is -0.136. The molecule has 4 amide bonds. The van der Waals surface area contributed by atoms with Crippen molar-refractivity contribution in [1.82, 2.24) is 49.2 Å². The van der Waals surface area contributed by atoms with E-state index >= 15 is 4.39 Å². The van der Waals surface area contributed by atoms with E-state index in [0.717, 1.165) is 68.6 Å². The highest BCUT2D eigenvalue weighted by Gasteiger charge is 2.46. The summed E-state index contributed by atoms with van der Waals surface area (Å²) >= 11 is 0. The van der Waals surface area contributed by atoms with Crippen LogP contribution in [0.2, 0.25) is 0 Å². The van der Waals surface area contributed by atoms with E-state index in [1.54, 1.807) is 39.7 Å². The summed E-state index contributed by atoms with van der Waals surface area (Å²) in [6.07, 6.45) is 11.8. The van der Waals surface area contributed by atoms with Crippen LogP contribution < -0.4 is 15.9 Å². The normalized spacial score (nSPS) is 20.2. The SMILES string of the molecule is CN(CC1CC2(CCN(c3ccc(-c4ccc5c(c4)n(C)c(=O)n5C4CCC(=O)NC4=O)cn3)CC2)C1)C(=O)c1cc2ccc([C@H]3CCCN(C(=O)CCn4ccnn4)C3)c(F)c2[nH]1. The van der Waals surface area contributed by atoms with Crippen molar-refractivity contribution in [3.05, 3.63) is 94.7 Å². The van der Waals surface area contributed by atoms with Crippen LogP contribution in [0.4, 0.5) is 10.2 Å². The molecule has 2 N–H and O–H groups in total. The van der Waals surface area contributed by atoms with E-state index in [0.29, 0.717) is 71.7 Å². The second-order valence-electron chi connectivity index (χ2n) is 18.4. The number of hydrogen-bond donors (Lipinski definition) is 2. The van der Waals surface area contributed by atoms with E-state index in [9.17, 15) is 24.0 Å². The molecule has 1 saturated carbocycles. The molecule has 0 bridgehead atoms. The minimum absolute atomic E-state index is 0.0210. The number of piperidine rings is 3. The molecule has 332 valence electrons. The van der Waals surface area contributed by atoms with Gasteiger partial charge in [-0.3, -0.25) is 38.3 Å². The van der Waals surface area contributed by atoms with Gasteiger partial charge >= 0.3 is 5.69 Å². The minimum atomic E-state index is -0.732. The van der Waals surface area contributed by atoms with Crippen LogP contribution in [0.25, 0.3) is 33.1 Å². The molecule has 0 radical (unpaired) electrons. The highest BCUT2D eigenvalue weighted by Crippen LogP contribution is 2.53. The lowest BCUT2D eigenvalue weighted by Crippen LogP contribution is -2.50. The zero-order chi connectivity index (χ0) is 44.3. The topological polar surface area (TPSA) is 176 Å². The number of carbonyl (C=O) groups excluding carboxylic acids is 4. The van der Waals surface area contributed by atoms with Gasteiger partial charge in [-0.1, -0.05) is 23.4 Å². The van der Waals surface area contributed by atoms with Crippen molar-refractivity contribution in [2.24, 2.45) is 18.4 Å². The Hall–Kier alpha value is -6.65. The predicted octanol–water partition coefficient (Wildman–Crippen LogP) is 5.16. The van der Waals surface area contributed by atoms with Crippen molar-refractivity contribution in [3.63, 3.8) is 0 Å². The van der Waals surface area contributed by atoms with Crippen LogP contribution in [0.15, 0.2) is 71.9 Å². The molecule has 1 spiro atoms. The Morgan fingerprint density at radius 2 is 1.78 bits per heavy atom. The Morgan fingerprint density at radius 3 is 2.53 bits per heavy atom. The van der Waals surface area contributed by atoms with Crippen LogP contribution in [0.5, 0.6) is 0 Å². The number of benzene rings is 2. The van der Waals surface area contributed by atoms with Gasteiger partial charge in [0.25, 0.3) is 5.91 Å². The summed E-state index contributed by atoms with van der Waals surface area (Å²) in [7, 11) is 3.52. The lowest BCUT2D eigenvalue weighted by Gasteiger charge is -2.53. The average Bonchev–Trinajstić information content (AvgIpc) is 4.04. The van der Waals surface area contributed by atoms with Crippen molar-refractivity contribution in [2.75, 3.05) is 44.7 Å². The first-order chi connectivity index (χ1) is 30.9. The van der Waals surface area contributed by atoms with Crippen LogP contribution in [0.1, 0.15) is 85.8 Å². The summed E-state index contributed by atoms with van der Waals surface area (Å²) in [4.78, 5) is 78.1. The van der Waals surface area contributed by atoms with E-state index in [-0.39, 0.29) is 53.4 Å². The van der Waals surface area contributed by atoms with Crippen molar-refractivity contribution in [3.8, 4) is 11.1 Å². The second kappa shape index (κ2) is 16.5. The van der Waals surface area contributed by atoms with E-state index in [2.05, 4.69) is 31.6 Å². The number of rotatable bonds is 10. The molecule has 1 aliphatic carbocycles. The number of aromatic amines is 1. The number of pyridine rings is 1. The van der Waals surface area contributed by atoms with Crippen LogP contribution in [0.3, 0.4) is 0 Å². The molecular weight excluding hydrogens is 818 g/mol. The van der Waals surface area contributed by atoms with Crippen LogP contribution >= 0.6 is 0 Å². The predicted molar refractivity (Wildman–Crippen MR) is 237 cm³/mol. The van der Waals surface area contributed by atoms with Gasteiger partial charge in [-0.15, -0.1) is 5.10 Å². The molecule has 16 nitrogen and oxygen atoms in total. The van der Waals surface area contributed by atoms with Crippen LogP contribution in [-0.4, -0.2) is 107 Å². The molecule has 64 heavy (non-hydrogen) atoms. The molecular formula is C47H52FN11O5.